The molecule has 4 nitrogen and oxygen atoms in total. The second-order valence-corrected chi connectivity index (χ2v) is 2.36. The van der Waals surface area contributed by atoms with Crippen LogP contribution in [0.15, 0.2) is 11.3 Å². The average Bonchev–Trinajstić information content (AvgIpc) is 2.07. The molecule has 1 unspecified atom stereocenters. The minimum absolute atomic E-state index is 0.204. The van der Waals surface area contributed by atoms with E-state index in [9.17, 15) is 9.59 Å². The molecule has 0 radical (unpaired) electrons. The Bertz CT molecular complexity index is 251. The normalized spacial score (nSPS) is 23.8. The molecule has 0 spiro atoms. The van der Waals surface area contributed by atoms with Gasteiger partial charge in [0.25, 0.3) is 0 Å². The van der Waals surface area contributed by atoms with Gasteiger partial charge in [0, 0.05) is 0 Å². The summed E-state index contributed by atoms with van der Waals surface area (Å²) in [5, 5.41) is 8.51. The van der Waals surface area contributed by atoms with Crippen LogP contribution in [0.4, 0.5) is 0 Å². The third-order valence-corrected chi connectivity index (χ3v) is 1.54. The fourth-order valence-corrected chi connectivity index (χ4v) is 1.01. The van der Waals surface area contributed by atoms with E-state index in [0.717, 1.165) is 0 Å². The van der Waals surface area contributed by atoms with Gasteiger partial charge in [-0.15, -0.1) is 0 Å². The van der Waals surface area contributed by atoms with Gasteiger partial charge in [0.05, 0.1) is 0 Å². The lowest BCUT2D eigenvalue weighted by Gasteiger charge is -2.00. The summed E-state index contributed by atoms with van der Waals surface area (Å²) in [5.74, 6) is -1.46. The van der Waals surface area contributed by atoms with E-state index in [1.54, 1.807) is 0 Å². The number of hydrogen-bond donors (Lipinski definition) is 1. The molecule has 60 valence electrons. The molecule has 0 amide bonds. The minimum atomic E-state index is -1.21. The third-order valence-electron chi connectivity index (χ3n) is 1.54. The molecule has 1 heterocycles. The molecule has 0 fully saturated rings. The first-order valence-electron chi connectivity index (χ1n) is 3.19. The SMILES string of the molecule is CC1=C(C(=O)O)C(=O)C(C)O1. The summed E-state index contributed by atoms with van der Waals surface area (Å²) >= 11 is 0. The van der Waals surface area contributed by atoms with Crippen LogP contribution in [0, 0.1) is 0 Å². The Morgan fingerprint density at radius 2 is 2.18 bits per heavy atom. The lowest BCUT2D eigenvalue weighted by Crippen LogP contribution is -2.17. The van der Waals surface area contributed by atoms with Crippen LogP contribution in [-0.4, -0.2) is 23.0 Å². The molecule has 0 aromatic rings. The first-order chi connectivity index (χ1) is 5.04. The predicted molar refractivity (Wildman–Crippen MR) is 35.9 cm³/mol. The molecule has 0 aliphatic carbocycles. The average molecular weight is 156 g/mol. The molecule has 0 aromatic heterocycles. The van der Waals surface area contributed by atoms with E-state index in [1.807, 2.05) is 0 Å². The van der Waals surface area contributed by atoms with Crippen LogP contribution < -0.4 is 0 Å². The lowest BCUT2D eigenvalue weighted by atomic mass is 10.1. The van der Waals surface area contributed by atoms with Gasteiger partial charge in [0.2, 0.25) is 5.78 Å². The van der Waals surface area contributed by atoms with E-state index in [2.05, 4.69) is 0 Å². The van der Waals surface area contributed by atoms with Crippen LogP contribution in [0.3, 0.4) is 0 Å². The monoisotopic (exact) mass is 156 g/mol. The summed E-state index contributed by atoms with van der Waals surface area (Å²) in [6.45, 7) is 3.01. The van der Waals surface area contributed by atoms with Gasteiger partial charge in [-0.05, 0) is 13.8 Å². The number of Topliss-reactive ketones (excluding diaryl/α,β-unsaturated/α-hetero) is 1. The molecule has 1 N–H and O–H groups in total. The molecule has 11 heavy (non-hydrogen) atoms. The second-order valence-electron chi connectivity index (χ2n) is 2.36. The van der Waals surface area contributed by atoms with Crippen LogP contribution >= 0.6 is 0 Å². The molecule has 0 bridgehead atoms. The summed E-state index contributed by atoms with van der Waals surface area (Å²) < 4.78 is 4.90. The van der Waals surface area contributed by atoms with Crippen LogP contribution in [0.1, 0.15) is 13.8 Å². The van der Waals surface area contributed by atoms with Crippen LogP contribution in [0.5, 0.6) is 0 Å². The van der Waals surface area contributed by atoms with Crippen molar-refractivity contribution in [3.05, 3.63) is 11.3 Å². The van der Waals surface area contributed by atoms with Crippen molar-refractivity contribution in [3.63, 3.8) is 0 Å². The van der Waals surface area contributed by atoms with Gasteiger partial charge >= 0.3 is 5.97 Å². The van der Waals surface area contributed by atoms with Crippen molar-refractivity contribution >= 4 is 11.8 Å². The number of hydrogen-bond acceptors (Lipinski definition) is 3. The largest absolute Gasteiger partial charge is 0.486 e. The van der Waals surface area contributed by atoms with Crippen molar-refractivity contribution in [1.82, 2.24) is 0 Å². The standard InChI is InChI=1S/C7H8O4/c1-3-5(7(9)10)6(8)4(2)11-3/h4H,1-2H3,(H,9,10). The van der Waals surface area contributed by atoms with Crippen molar-refractivity contribution in [2.24, 2.45) is 0 Å². The molecule has 1 rings (SSSR count). The first kappa shape index (κ1) is 7.78. The fourth-order valence-electron chi connectivity index (χ4n) is 1.01. The van der Waals surface area contributed by atoms with Gasteiger partial charge in [0.15, 0.2) is 6.10 Å². The Morgan fingerprint density at radius 1 is 1.64 bits per heavy atom. The Labute approximate surface area is 63.5 Å². The fraction of sp³-hybridized carbons (Fsp3) is 0.429. The Hall–Kier alpha value is -1.32. The molecule has 4 heteroatoms. The van der Waals surface area contributed by atoms with Gasteiger partial charge in [-0.3, -0.25) is 4.79 Å². The van der Waals surface area contributed by atoms with E-state index in [4.69, 9.17) is 9.84 Å². The van der Waals surface area contributed by atoms with E-state index in [-0.39, 0.29) is 11.3 Å². The number of ketones is 1. The Kier molecular flexibility index (Phi) is 1.68. The van der Waals surface area contributed by atoms with Crippen molar-refractivity contribution in [1.29, 1.82) is 0 Å². The van der Waals surface area contributed by atoms with Crippen LogP contribution in [0.25, 0.3) is 0 Å². The molecule has 1 aliphatic rings. The molecule has 0 aromatic carbocycles. The van der Waals surface area contributed by atoms with E-state index in [0.29, 0.717) is 0 Å². The van der Waals surface area contributed by atoms with E-state index in [1.165, 1.54) is 13.8 Å². The summed E-state index contributed by atoms with van der Waals surface area (Å²) in [6, 6.07) is 0. The molecule has 1 atom stereocenters. The first-order valence-corrected chi connectivity index (χ1v) is 3.19. The number of ether oxygens (including phenoxy) is 1. The lowest BCUT2D eigenvalue weighted by molar-refractivity contribution is -0.134. The minimum Gasteiger partial charge on any atom is -0.486 e. The number of carbonyl (C=O) groups is 2. The zero-order valence-corrected chi connectivity index (χ0v) is 6.25. The number of carboxylic acids is 1. The second kappa shape index (κ2) is 2.38. The van der Waals surface area contributed by atoms with Crippen molar-refractivity contribution in [3.8, 4) is 0 Å². The summed E-state index contributed by atoms with van der Waals surface area (Å²) in [7, 11) is 0. The zero-order valence-electron chi connectivity index (χ0n) is 6.25. The Morgan fingerprint density at radius 3 is 2.36 bits per heavy atom. The number of rotatable bonds is 1. The molecular weight excluding hydrogens is 148 g/mol. The molecular formula is C7H8O4. The summed E-state index contributed by atoms with van der Waals surface area (Å²) in [5.41, 5.74) is -0.225. The highest BCUT2D eigenvalue weighted by atomic mass is 16.5. The van der Waals surface area contributed by atoms with Crippen molar-refractivity contribution < 1.29 is 19.4 Å². The maximum Gasteiger partial charge on any atom is 0.342 e. The van der Waals surface area contributed by atoms with Gasteiger partial charge in [-0.2, -0.15) is 0 Å². The maximum absolute atomic E-state index is 11.0. The zero-order chi connectivity index (χ0) is 8.59. The van der Waals surface area contributed by atoms with E-state index < -0.39 is 17.9 Å². The van der Waals surface area contributed by atoms with Gasteiger partial charge in [-0.1, -0.05) is 0 Å². The highest BCUT2D eigenvalue weighted by Crippen LogP contribution is 2.20. The quantitative estimate of drug-likeness (QED) is 0.556. The van der Waals surface area contributed by atoms with Gasteiger partial charge < -0.3 is 9.84 Å². The predicted octanol–water partition coefficient (Wildman–Crippen LogP) is 0.333. The van der Waals surface area contributed by atoms with Gasteiger partial charge in [-0.25, -0.2) is 4.79 Å². The molecule has 0 saturated heterocycles. The molecule has 0 saturated carbocycles. The highest BCUT2D eigenvalue weighted by molar-refractivity contribution is 6.19. The van der Waals surface area contributed by atoms with Crippen LogP contribution in [-0.2, 0) is 14.3 Å². The third kappa shape index (κ3) is 1.11. The smallest absolute Gasteiger partial charge is 0.342 e. The number of carbonyl (C=O) groups excluding carboxylic acids is 1. The maximum atomic E-state index is 11.0. The molecule has 1 aliphatic heterocycles. The van der Waals surface area contributed by atoms with Gasteiger partial charge in [0.1, 0.15) is 11.3 Å². The van der Waals surface area contributed by atoms with Crippen molar-refractivity contribution in [2.75, 3.05) is 0 Å². The number of aliphatic carboxylic acids is 1. The Balaban J connectivity index is 3.01. The van der Waals surface area contributed by atoms with Crippen LogP contribution in [0.2, 0.25) is 0 Å². The number of allylic oxidation sites excluding steroid dienone is 1. The number of carboxylic acid groups (broad SMARTS) is 1. The highest BCUT2D eigenvalue weighted by Gasteiger charge is 2.33. The topological polar surface area (TPSA) is 63.6 Å². The summed E-state index contributed by atoms with van der Waals surface area (Å²) in [6.07, 6.45) is -0.638. The van der Waals surface area contributed by atoms with E-state index >= 15 is 0 Å². The summed E-state index contributed by atoms with van der Waals surface area (Å²) in [4.78, 5) is 21.4. The van der Waals surface area contributed by atoms with Crippen molar-refractivity contribution in [2.45, 2.75) is 20.0 Å².